The summed E-state index contributed by atoms with van der Waals surface area (Å²) in [4.78, 5) is 16.9. The molecule has 3 aliphatic rings. The SMILES string of the molecule is O=C(Oc1cc[c-]c(-c2[c-]cccc2)c1)N1CCN2CCC1CC2.[Y]. The molecule has 3 saturated heterocycles. The molecule has 4 nitrogen and oxygen atoms in total. The second-order valence-corrected chi connectivity index (χ2v) is 6.35. The van der Waals surface area contributed by atoms with Gasteiger partial charge >= 0.3 is 6.09 Å². The van der Waals surface area contributed by atoms with Crippen molar-refractivity contribution in [1.29, 1.82) is 0 Å². The minimum Gasteiger partial charge on any atom is -0.431 e. The molecule has 5 rings (SSSR count). The van der Waals surface area contributed by atoms with Gasteiger partial charge in [-0.25, -0.2) is 15.9 Å². The maximum absolute atomic E-state index is 12.6. The number of piperidine rings is 1. The van der Waals surface area contributed by atoms with Crippen molar-refractivity contribution in [3.05, 3.63) is 54.6 Å². The Bertz CT molecular complexity index is 715. The third kappa shape index (κ3) is 4.31. The number of nitrogens with zero attached hydrogens (tertiary/aromatic N) is 2. The molecule has 1 radical (unpaired) electrons. The topological polar surface area (TPSA) is 32.8 Å². The molecule has 2 aromatic carbocycles. The van der Waals surface area contributed by atoms with Gasteiger partial charge in [0.15, 0.2) is 0 Å². The maximum Gasteiger partial charge on any atom is 0.413 e. The van der Waals surface area contributed by atoms with E-state index in [1.54, 1.807) is 12.1 Å². The van der Waals surface area contributed by atoms with Crippen LogP contribution in [0.2, 0.25) is 0 Å². The number of carbonyl (C=O) groups excluding carboxylic acids is 1. The summed E-state index contributed by atoms with van der Waals surface area (Å²) in [5.41, 5.74) is 1.82. The van der Waals surface area contributed by atoms with Crippen LogP contribution in [0.4, 0.5) is 4.79 Å². The van der Waals surface area contributed by atoms with Gasteiger partial charge < -0.3 is 14.5 Å². The largest absolute Gasteiger partial charge is 0.431 e. The van der Waals surface area contributed by atoms with Crippen LogP contribution in [0, 0.1) is 12.1 Å². The van der Waals surface area contributed by atoms with Crippen LogP contribution >= 0.6 is 0 Å². The van der Waals surface area contributed by atoms with Gasteiger partial charge in [-0.2, -0.15) is 36.4 Å². The Morgan fingerprint density at radius 2 is 1.80 bits per heavy atom. The molecule has 0 aromatic heterocycles. The molecule has 1 amide bonds. The van der Waals surface area contributed by atoms with Crippen molar-refractivity contribution >= 4 is 6.09 Å². The Labute approximate surface area is 174 Å². The van der Waals surface area contributed by atoms with Crippen LogP contribution in [0.3, 0.4) is 0 Å². The van der Waals surface area contributed by atoms with Crippen molar-refractivity contribution in [3.8, 4) is 16.9 Å². The van der Waals surface area contributed by atoms with Crippen LogP contribution in [0.1, 0.15) is 12.8 Å². The van der Waals surface area contributed by atoms with Crippen molar-refractivity contribution in [2.75, 3.05) is 26.2 Å². The normalized spacial score (nSPS) is 22.0. The number of fused-ring (bicyclic) bond motifs is 4. The molecular formula is C20H20N2O2Y-2. The van der Waals surface area contributed by atoms with Gasteiger partial charge in [0.1, 0.15) is 0 Å². The monoisotopic (exact) mass is 409 g/mol. The van der Waals surface area contributed by atoms with E-state index in [1.807, 2.05) is 35.2 Å². The van der Waals surface area contributed by atoms with E-state index >= 15 is 0 Å². The van der Waals surface area contributed by atoms with Crippen molar-refractivity contribution in [2.24, 2.45) is 0 Å². The number of hydrogen-bond acceptors (Lipinski definition) is 3. The van der Waals surface area contributed by atoms with Crippen LogP contribution < -0.4 is 4.74 Å². The molecule has 5 heteroatoms. The van der Waals surface area contributed by atoms with E-state index < -0.39 is 0 Å². The van der Waals surface area contributed by atoms with Gasteiger partial charge in [0.05, 0.1) is 0 Å². The van der Waals surface area contributed by atoms with Crippen LogP contribution in [-0.4, -0.2) is 48.1 Å². The molecule has 3 heterocycles. The summed E-state index contributed by atoms with van der Waals surface area (Å²) in [6, 6.07) is 19.8. The first-order chi connectivity index (χ1) is 11.8. The Balaban J connectivity index is 0.00000182. The van der Waals surface area contributed by atoms with Crippen molar-refractivity contribution in [1.82, 2.24) is 9.80 Å². The average molecular weight is 409 g/mol. The van der Waals surface area contributed by atoms with Gasteiger partial charge in [-0.15, -0.1) is 18.2 Å². The zero-order valence-electron chi connectivity index (χ0n) is 14.1. The third-order valence-corrected chi connectivity index (χ3v) is 4.87. The first-order valence-corrected chi connectivity index (χ1v) is 8.49. The Morgan fingerprint density at radius 3 is 2.56 bits per heavy atom. The molecule has 2 aromatic rings. The van der Waals surface area contributed by atoms with Crippen LogP contribution in [0.5, 0.6) is 5.75 Å². The van der Waals surface area contributed by atoms with Crippen LogP contribution in [0.25, 0.3) is 11.1 Å². The van der Waals surface area contributed by atoms with Crippen molar-refractivity contribution in [2.45, 2.75) is 18.9 Å². The molecule has 0 aliphatic carbocycles. The summed E-state index contributed by atoms with van der Waals surface area (Å²) in [5, 5.41) is 0. The Kier molecular flexibility index (Phi) is 6.26. The minimum atomic E-state index is -0.238. The average Bonchev–Trinajstić information content (AvgIpc) is 2.97. The Morgan fingerprint density at radius 1 is 1.00 bits per heavy atom. The number of rotatable bonds is 2. The first-order valence-electron chi connectivity index (χ1n) is 8.49. The fourth-order valence-corrected chi connectivity index (χ4v) is 3.51. The molecule has 3 fully saturated rings. The smallest absolute Gasteiger partial charge is 0.413 e. The van der Waals surface area contributed by atoms with E-state index in [2.05, 4.69) is 17.0 Å². The van der Waals surface area contributed by atoms with Gasteiger partial charge in [-0.1, -0.05) is 0 Å². The first kappa shape index (κ1) is 18.6. The maximum atomic E-state index is 12.6. The van der Waals surface area contributed by atoms with Gasteiger partial charge in [0.25, 0.3) is 0 Å². The second-order valence-electron chi connectivity index (χ2n) is 6.35. The molecule has 2 bridgehead atoms. The fourth-order valence-electron chi connectivity index (χ4n) is 3.51. The molecule has 0 spiro atoms. The number of hydrogen-bond donors (Lipinski definition) is 0. The number of benzene rings is 2. The summed E-state index contributed by atoms with van der Waals surface area (Å²) in [7, 11) is 0. The molecule has 0 unspecified atom stereocenters. The van der Waals surface area contributed by atoms with Crippen molar-refractivity contribution in [3.63, 3.8) is 0 Å². The quantitative estimate of drug-likeness (QED) is 0.715. The molecule has 25 heavy (non-hydrogen) atoms. The summed E-state index contributed by atoms with van der Waals surface area (Å²) in [5.74, 6) is 0.560. The number of carbonyl (C=O) groups is 1. The van der Waals surface area contributed by atoms with E-state index in [1.165, 1.54) is 0 Å². The standard InChI is InChI=1S/C20H20N2O2.Y/c23-20(22-14-13-21-11-9-18(22)10-12-21)24-19-8-4-7-17(15-19)16-5-2-1-3-6-16;/h1-5,8,15,18H,9-14H2;/q-2;. The van der Waals surface area contributed by atoms with Gasteiger partial charge in [0.2, 0.25) is 0 Å². The van der Waals surface area contributed by atoms with Crippen LogP contribution in [0.15, 0.2) is 42.5 Å². The van der Waals surface area contributed by atoms with E-state index in [0.29, 0.717) is 11.8 Å². The third-order valence-electron chi connectivity index (χ3n) is 4.87. The van der Waals surface area contributed by atoms with Gasteiger partial charge in [-0.05, 0) is 12.8 Å². The molecular weight excluding hydrogens is 389 g/mol. The summed E-state index contributed by atoms with van der Waals surface area (Å²) >= 11 is 0. The number of ether oxygens (including phenoxy) is 1. The van der Waals surface area contributed by atoms with E-state index in [9.17, 15) is 4.79 Å². The van der Waals surface area contributed by atoms with E-state index in [4.69, 9.17) is 4.74 Å². The molecule has 0 saturated carbocycles. The summed E-state index contributed by atoms with van der Waals surface area (Å²) < 4.78 is 5.66. The van der Waals surface area contributed by atoms with Crippen molar-refractivity contribution < 1.29 is 42.2 Å². The molecule has 3 aliphatic heterocycles. The predicted molar refractivity (Wildman–Crippen MR) is 91.7 cm³/mol. The van der Waals surface area contributed by atoms with Gasteiger partial charge in [-0.3, -0.25) is 0 Å². The predicted octanol–water partition coefficient (Wildman–Crippen LogP) is 3.23. The Hall–Kier alpha value is -1.23. The summed E-state index contributed by atoms with van der Waals surface area (Å²) in [6.45, 7) is 3.87. The zero-order valence-corrected chi connectivity index (χ0v) is 17.0. The van der Waals surface area contributed by atoms with E-state index in [0.717, 1.165) is 50.1 Å². The fraction of sp³-hybridized carbons (Fsp3) is 0.350. The molecule has 0 atom stereocenters. The second kappa shape index (κ2) is 8.44. The zero-order chi connectivity index (χ0) is 16.4. The van der Waals surface area contributed by atoms with Crippen LogP contribution in [-0.2, 0) is 32.7 Å². The number of amides is 1. The molecule has 127 valence electrons. The summed E-state index contributed by atoms with van der Waals surface area (Å²) in [6.07, 6.45) is 1.85. The molecule has 0 N–H and O–H groups in total. The van der Waals surface area contributed by atoms with E-state index in [-0.39, 0.29) is 38.8 Å². The van der Waals surface area contributed by atoms with Gasteiger partial charge in [0, 0.05) is 70.7 Å². The minimum absolute atomic E-state index is 0.